The maximum Gasteiger partial charge on any atom is 0.321 e. The van der Waals surface area contributed by atoms with Crippen LogP contribution in [-0.4, -0.2) is 54.8 Å². The zero-order valence-corrected chi connectivity index (χ0v) is 17.8. The van der Waals surface area contributed by atoms with Crippen LogP contribution in [0.5, 0.6) is 0 Å². The molecular weight excluding hydrogens is 400 g/mol. The smallest absolute Gasteiger partial charge is 0.321 e. The Morgan fingerprint density at radius 1 is 0.967 bits per heavy atom. The van der Waals surface area contributed by atoms with Gasteiger partial charge in [-0.1, -0.05) is 29.8 Å². The van der Waals surface area contributed by atoms with Gasteiger partial charge in [-0.05, 0) is 43.7 Å². The van der Waals surface area contributed by atoms with E-state index in [9.17, 15) is 13.2 Å². The van der Waals surface area contributed by atoms with E-state index in [1.807, 2.05) is 50.2 Å². The third kappa shape index (κ3) is 4.01. The fourth-order valence-corrected chi connectivity index (χ4v) is 5.15. The summed E-state index contributed by atoms with van der Waals surface area (Å²) in [6.07, 6.45) is 1.68. The van der Waals surface area contributed by atoms with Crippen LogP contribution in [0, 0.1) is 13.8 Å². The average Bonchev–Trinajstić information content (AvgIpc) is 2.74. The van der Waals surface area contributed by atoms with E-state index in [2.05, 4.69) is 10.3 Å². The molecule has 1 aliphatic heterocycles. The number of amides is 2. The van der Waals surface area contributed by atoms with Crippen LogP contribution < -0.4 is 5.32 Å². The minimum atomic E-state index is -3.70. The summed E-state index contributed by atoms with van der Waals surface area (Å²) in [4.78, 5) is 18.7. The molecule has 7 nitrogen and oxygen atoms in total. The van der Waals surface area contributed by atoms with Crippen molar-refractivity contribution in [2.24, 2.45) is 0 Å². The summed E-state index contributed by atoms with van der Waals surface area (Å²) in [5.41, 5.74) is 3.29. The molecule has 156 valence electrons. The molecule has 2 heterocycles. The lowest BCUT2D eigenvalue weighted by Crippen LogP contribution is -2.51. The predicted molar refractivity (Wildman–Crippen MR) is 117 cm³/mol. The third-order valence-electron chi connectivity index (χ3n) is 5.26. The predicted octanol–water partition coefficient (Wildman–Crippen LogP) is 3.39. The standard InChI is InChI=1S/C22H24N4O3S/c1-16-6-8-19(9-7-16)24-22(27)25-10-12-26(13-11-25)30(28,29)20-5-3-4-18-14-17(2)15-23-21(18)20/h3-9,14-15H,10-13H2,1-2H3,(H,24,27). The fraction of sp³-hybridized carbons (Fsp3) is 0.273. The highest BCUT2D eigenvalue weighted by molar-refractivity contribution is 7.89. The summed E-state index contributed by atoms with van der Waals surface area (Å²) in [6.45, 7) is 5.05. The van der Waals surface area contributed by atoms with Crippen LogP contribution in [-0.2, 0) is 10.0 Å². The lowest BCUT2D eigenvalue weighted by atomic mass is 10.2. The van der Waals surface area contributed by atoms with Crippen molar-refractivity contribution in [3.8, 4) is 0 Å². The average molecular weight is 425 g/mol. The number of nitrogens with one attached hydrogen (secondary N) is 1. The molecule has 0 saturated carbocycles. The first-order valence-electron chi connectivity index (χ1n) is 9.83. The van der Waals surface area contributed by atoms with E-state index >= 15 is 0 Å². The van der Waals surface area contributed by atoms with Crippen molar-refractivity contribution in [1.82, 2.24) is 14.2 Å². The zero-order valence-electron chi connectivity index (χ0n) is 17.0. The van der Waals surface area contributed by atoms with E-state index in [1.165, 1.54) is 4.31 Å². The van der Waals surface area contributed by atoms with Gasteiger partial charge in [0.2, 0.25) is 10.0 Å². The Kier molecular flexibility index (Phi) is 5.44. The number of sulfonamides is 1. The van der Waals surface area contributed by atoms with Crippen LogP contribution in [0.4, 0.5) is 10.5 Å². The van der Waals surface area contributed by atoms with Gasteiger partial charge in [0.25, 0.3) is 0 Å². The van der Waals surface area contributed by atoms with Crippen LogP contribution in [0.25, 0.3) is 10.9 Å². The Labute approximate surface area is 176 Å². The molecule has 1 aromatic heterocycles. The molecule has 0 radical (unpaired) electrons. The number of aromatic nitrogens is 1. The molecule has 0 spiro atoms. The summed E-state index contributed by atoms with van der Waals surface area (Å²) in [7, 11) is -3.70. The SMILES string of the molecule is Cc1ccc(NC(=O)N2CCN(S(=O)(=O)c3cccc4cc(C)cnc34)CC2)cc1. The van der Waals surface area contributed by atoms with E-state index < -0.39 is 10.0 Å². The third-order valence-corrected chi connectivity index (χ3v) is 7.19. The van der Waals surface area contributed by atoms with E-state index in [1.54, 1.807) is 23.2 Å². The number of urea groups is 1. The van der Waals surface area contributed by atoms with Gasteiger partial charge < -0.3 is 10.2 Å². The quantitative estimate of drug-likeness (QED) is 0.699. The lowest BCUT2D eigenvalue weighted by molar-refractivity contribution is 0.184. The first-order valence-corrected chi connectivity index (χ1v) is 11.3. The normalized spacial score (nSPS) is 15.3. The largest absolute Gasteiger partial charge is 0.322 e. The van der Waals surface area contributed by atoms with Crippen LogP contribution in [0.2, 0.25) is 0 Å². The number of hydrogen-bond acceptors (Lipinski definition) is 4. The Morgan fingerprint density at radius 3 is 2.37 bits per heavy atom. The number of pyridine rings is 1. The van der Waals surface area contributed by atoms with Gasteiger partial charge in [0.05, 0.1) is 5.52 Å². The number of nitrogens with zero attached hydrogens (tertiary/aromatic N) is 3. The van der Waals surface area contributed by atoms with E-state index in [0.29, 0.717) is 18.6 Å². The van der Waals surface area contributed by atoms with Gasteiger partial charge in [0, 0.05) is 43.4 Å². The van der Waals surface area contributed by atoms with Crippen molar-refractivity contribution < 1.29 is 13.2 Å². The summed E-state index contributed by atoms with van der Waals surface area (Å²) in [6, 6.07) is 14.5. The monoisotopic (exact) mass is 424 g/mol. The second kappa shape index (κ2) is 8.04. The van der Waals surface area contributed by atoms with Gasteiger partial charge in [-0.3, -0.25) is 4.98 Å². The molecule has 2 aromatic carbocycles. The highest BCUT2D eigenvalue weighted by Crippen LogP contribution is 2.25. The molecule has 1 aliphatic rings. The maximum absolute atomic E-state index is 13.3. The number of rotatable bonds is 3. The second-order valence-electron chi connectivity index (χ2n) is 7.53. The van der Waals surface area contributed by atoms with E-state index in [4.69, 9.17) is 0 Å². The highest BCUT2D eigenvalue weighted by atomic mass is 32.2. The number of para-hydroxylation sites is 1. The van der Waals surface area contributed by atoms with Crippen LogP contribution in [0.15, 0.2) is 59.6 Å². The molecule has 3 aromatic rings. The number of carbonyl (C=O) groups is 1. The minimum absolute atomic E-state index is 0.206. The summed E-state index contributed by atoms with van der Waals surface area (Å²) in [5, 5.41) is 3.66. The topological polar surface area (TPSA) is 82.6 Å². The lowest BCUT2D eigenvalue weighted by Gasteiger charge is -2.34. The Bertz CT molecular complexity index is 1180. The molecule has 1 saturated heterocycles. The van der Waals surface area contributed by atoms with Gasteiger partial charge in [-0.15, -0.1) is 0 Å². The molecule has 8 heteroatoms. The fourth-order valence-electron chi connectivity index (χ4n) is 3.56. The van der Waals surface area contributed by atoms with Crippen molar-refractivity contribution in [3.05, 3.63) is 65.9 Å². The molecule has 4 rings (SSSR count). The molecule has 1 N–H and O–H groups in total. The van der Waals surface area contributed by atoms with Crippen molar-refractivity contribution in [2.45, 2.75) is 18.7 Å². The Morgan fingerprint density at radius 2 is 1.67 bits per heavy atom. The zero-order chi connectivity index (χ0) is 21.3. The van der Waals surface area contributed by atoms with E-state index in [0.717, 1.165) is 22.2 Å². The number of anilines is 1. The number of benzene rings is 2. The highest BCUT2D eigenvalue weighted by Gasteiger charge is 2.31. The van der Waals surface area contributed by atoms with Crippen molar-refractivity contribution in [2.75, 3.05) is 31.5 Å². The first kappa shape index (κ1) is 20.3. The second-order valence-corrected chi connectivity index (χ2v) is 9.43. The number of hydrogen-bond donors (Lipinski definition) is 1. The Hall–Kier alpha value is -2.97. The van der Waals surface area contributed by atoms with Gasteiger partial charge in [0.15, 0.2) is 0 Å². The maximum atomic E-state index is 13.3. The van der Waals surface area contributed by atoms with Crippen LogP contribution >= 0.6 is 0 Å². The van der Waals surface area contributed by atoms with Gasteiger partial charge in [0.1, 0.15) is 4.90 Å². The number of aryl methyl sites for hydroxylation is 2. The van der Waals surface area contributed by atoms with Crippen molar-refractivity contribution in [3.63, 3.8) is 0 Å². The number of carbonyl (C=O) groups excluding carboxylic acids is 1. The van der Waals surface area contributed by atoms with Crippen LogP contribution in [0.3, 0.4) is 0 Å². The molecule has 30 heavy (non-hydrogen) atoms. The minimum Gasteiger partial charge on any atom is -0.322 e. The van der Waals surface area contributed by atoms with Crippen LogP contribution in [0.1, 0.15) is 11.1 Å². The molecule has 0 atom stereocenters. The summed E-state index contributed by atoms with van der Waals surface area (Å²) in [5.74, 6) is 0. The summed E-state index contributed by atoms with van der Waals surface area (Å²) < 4.78 is 27.9. The molecule has 0 bridgehead atoms. The molecule has 0 unspecified atom stereocenters. The molecular formula is C22H24N4O3S. The summed E-state index contributed by atoms with van der Waals surface area (Å²) >= 11 is 0. The van der Waals surface area contributed by atoms with Crippen molar-refractivity contribution >= 4 is 32.6 Å². The Balaban J connectivity index is 1.47. The number of piperazine rings is 1. The van der Waals surface area contributed by atoms with Gasteiger partial charge in [-0.2, -0.15) is 4.31 Å². The molecule has 2 amide bonds. The molecule has 0 aliphatic carbocycles. The van der Waals surface area contributed by atoms with Crippen molar-refractivity contribution in [1.29, 1.82) is 0 Å². The van der Waals surface area contributed by atoms with Gasteiger partial charge in [-0.25, -0.2) is 13.2 Å². The first-order chi connectivity index (χ1) is 14.3. The van der Waals surface area contributed by atoms with E-state index in [-0.39, 0.29) is 24.0 Å². The molecule has 1 fully saturated rings. The van der Waals surface area contributed by atoms with Gasteiger partial charge >= 0.3 is 6.03 Å². The number of fused-ring (bicyclic) bond motifs is 1.